The Balaban J connectivity index is 1.93. The molecule has 0 spiro atoms. The van der Waals surface area contributed by atoms with Crippen molar-refractivity contribution in [2.24, 2.45) is 5.92 Å². The van der Waals surface area contributed by atoms with Crippen LogP contribution >= 0.6 is 11.6 Å². The molecular weight excluding hydrogens is 262 g/mol. The number of rotatable bonds is 7. The Labute approximate surface area is 120 Å². The topological polar surface area (TPSA) is 38.2 Å². The third-order valence-electron chi connectivity index (χ3n) is 3.37. The van der Waals surface area contributed by atoms with E-state index in [0.29, 0.717) is 11.1 Å². The van der Waals surface area contributed by atoms with Gasteiger partial charge in [-0.05, 0) is 24.7 Å². The smallest absolute Gasteiger partial charge is 0.138 e. The average Bonchev–Trinajstić information content (AvgIpc) is 3.17. The van der Waals surface area contributed by atoms with Gasteiger partial charge < -0.3 is 9.64 Å². The number of halogens is 1. The van der Waals surface area contributed by atoms with E-state index in [9.17, 15) is 0 Å². The second kappa shape index (κ2) is 6.53. The molecule has 1 aliphatic rings. The summed E-state index contributed by atoms with van der Waals surface area (Å²) in [6, 6.07) is 0. The number of likely N-dealkylation sites (N-methyl/N-ethyl adjacent to an activating group) is 1. The average molecular weight is 284 g/mol. The number of hydrogen-bond donors (Lipinski definition) is 0. The summed E-state index contributed by atoms with van der Waals surface area (Å²) < 4.78 is 5.66. The first kappa shape index (κ1) is 14.5. The van der Waals surface area contributed by atoms with E-state index in [1.54, 1.807) is 0 Å². The summed E-state index contributed by atoms with van der Waals surface area (Å²) in [6.45, 7) is 6.65. The zero-order valence-electron chi connectivity index (χ0n) is 11.9. The maximum atomic E-state index is 6.17. The highest BCUT2D eigenvalue weighted by atomic mass is 35.5. The summed E-state index contributed by atoms with van der Waals surface area (Å²) in [7, 11) is 2.02. The van der Waals surface area contributed by atoms with E-state index in [1.165, 1.54) is 19.2 Å². The van der Waals surface area contributed by atoms with Crippen molar-refractivity contribution < 1.29 is 4.74 Å². The summed E-state index contributed by atoms with van der Waals surface area (Å²) in [5.74, 6) is 2.02. The van der Waals surface area contributed by atoms with Crippen LogP contribution in [0.2, 0.25) is 5.15 Å². The fraction of sp³-hybridized carbons (Fsp3) is 0.714. The number of anilines is 1. The van der Waals surface area contributed by atoms with E-state index in [2.05, 4.69) is 28.7 Å². The molecule has 2 rings (SSSR count). The summed E-state index contributed by atoms with van der Waals surface area (Å²) in [4.78, 5) is 10.5. The first-order valence-corrected chi connectivity index (χ1v) is 7.26. The van der Waals surface area contributed by atoms with E-state index >= 15 is 0 Å². The Morgan fingerprint density at radius 2 is 2.16 bits per heavy atom. The van der Waals surface area contributed by atoms with Crippen molar-refractivity contribution in [1.82, 2.24) is 9.97 Å². The summed E-state index contributed by atoms with van der Waals surface area (Å²) >= 11 is 6.17. The Morgan fingerprint density at radius 3 is 2.79 bits per heavy atom. The molecule has 19 heavy (non-hydrogen) atoms. The third-order valence-corrected chi connectivity index (χ3v) is 3.68. The first-order valence-electron chi connectivity index (χ1n) is 6.89. The molecule has 1 saturated carbocycles. The van der Waals surface area contributed by atoms with Crippen LogP contribution in [0.3, 0.4) is 0 Å². The van der Waals surface area contributed by atoms with Gasteiger partial charge >= 0.3 is 0 Å². The quantitative estimate of drug-likeness (QED) is 0.569. The van der Waals surface area contributed by atoms with Crippen molar-refractivity contribution in [2.75, 3.05) is 31.7 Å². The molecule has 4 nitrogen and oxygen atoms in total. The maximum Gasteiger partial charge on any atom is 0.138 e. The predicted molar refractivity (Wildman–Crippen MR) is 77.9 cm³/mol. The first-order chi connectivity index (χ1) is 9.09. The molecule has 0 radical (unpaired) electrons. The molecule has 1 aliphatic carbocycles. The fourth-order valence-electron chi connectivity index (χ4n) is 2.01. The van der Waals surface area contributed by atoms with Crippen LogP contribution in [0.4, 0.5) is 5.82 Å². The molecule has 5 heteroatoms. The standard InChI is InChI=1S/C14H22ClN3O/c1-10(2)12-13(15)16-9-17-14(12)18(3)6-7-19-8-11-4-5-11/h9-11H,4-8H2,1-3H3. The lowest BCUT2D eigenvalue weighted by atomic mass is 10.1. The fourth-order valence-corrected chi connectivity index (χ4v) is 2.35. The molecule has 0 N–H and O–H groups in total. The van der Waals surface area contributed by atoms with Crippen LogP contribution in [-0.2, 0) is 4.74 Å². The predicted octanol–water partition coefficient (Wildman–Crippen LogP) is 3.12. The van der Waals surface area contributed by atoms with Crippen molar-refractivity contribution in [3.05, 3.63) is 17.0 Å². The van der Waals surface area contributed by atoms with E-state index < -0.39 is 0 Å². The molecular formula is C14H22ClN3O. The zero-order valence-corrected chi connectivity index (χ0v) is 12.7. The molecule has 1 heterocycles. The van der Waals surface area contributed by atoms with Gasteiger partial charge in [-0.2, -0.15) is 0 Å². The number of aromatic nitrogens is 2. The van der Waals surface area contributed by atoms with Crippen molar-refractivity contribution in [2.45, 2.75) is 32.6 Å². The van der Waals surface area contributed by atoms with E-state index in [0.717, 1.165) is 37.1 Å². The summed E-state index contributed by atoms with van der Waals surface area (Å²) in [6.07, 6.45) is 4.18. The van der Waals surface area contributed by atoms with Crippen molar-refractivity contribution in [3.8, 4) is 0 Å². The molecule has 0 amide bonds. The lowest BCUT2D eigenvalue weighted by molar-refractivity contribution is 0.130. The van der Waals surface area contributed by atoms with Gasteiger partial charge in [0.25, 0.3) is 0 Å². The largest absolute Gasteiger partial charge is 0.379 e. The molecule has 0 aromatic carbocycles. The van der Waals surface area contributed by atoms with E-state index in [1.807, 2.05) is 7.05 Å². The van der Waals surface area contributed by atoms with Gasteiger partial charge in [0.05, 0.1) is 6.61 Å². The number of hydrogen-bond acceptors (Lipinski definition) is 4. The Morgan fingerprint density at radius 1 is 1.42 bits per heavy atom. The molecule has 106 valence electrons. The lowest BCUT2D eigenvalue weighted by Gasteiger charge is -2.22. The van der Waals surface area contributed by atoms with Crippen LogP contribution in [0, 0.1) is 5.92 Å². The molecule has 0 unspecified atom stereocenters. The molecule has 0 aliphatic heterocycles. The van der Waals surface area contributed by atoms with Crippen molar-refractivity contribution in [1.29, 1.82) is 0 Å². The van der Waals surface area contributed by atoms with Crippen LogP contribution in [0.25, 0.3) is 0 Å². The maximum absolute atomic E-state index is 6.17. The van der Waals surface area contributed by atoms with Crippen molar-refractivity contribution in [3.63, 3.8) is 0 Å². The Bertz CT molecular complexity index is 421. The van der Waals surface area contributed by atoms with Gasteiger partial charge in [-0.15, -0.1) is 0 Å². The normalized spacial score (nSPS) is 15.0. The highest BCUT2D eigenvalue weighted by molar-refractivity contribution is 6.30. The second-order valence-electron chi connectivity index (χ2n) is 5.50. The highest BCUT2D eigenvalue weighted by Crippen LogP contribution is 2.30. The van der Waals surface area contributed by atoms with Gasteiger partial charge in [0, 0.05) is 25.8 Å². The van der Waals surface area contributed by atoms with E-state index in [4.69, 9.17) is 16.3 Å². The van der Waals surface area contributed by atoms with Crippen LogP contribution in [0.1, 0.15) is 38.2 Å². The Kier molecular flexibility index (Phi) is 4.99. The molecule has 1 aromatic rings. The van der Waals surface area contributed by atoms with Gasteiger partial charge in [-0.1, -0.05) is 25.4 Å². The molecule has 1 fully saturated rings. The van der Waals surface area contributed by atoms with Crippen molar-refractivity contribution >= 4 is 17.4 Å². The number of ether oxygens (including phenoxy) is 1. The molecule has 0 bridgehead atoms. The van der Waals surface area contributed by atoms with Gasteiger partial charge in [-0.25, -0.2) is 9.97 Å². The van der Waals surface area contributed by atoms with Gasteiger partial charge in [0.2, 0.25) is 0 Å². The SMILES string of the molecule is CC(C)c1c(Cl)ncnc1N(C)CCOCC1CC1. The zero-order chi connectivity index (χ0) is 13.8. The lowest BCUT2D eigenvalue weighted by Crippen LogP contribution is -2.25. The van der Waals surface area contributed by atoms with Gasteiger partial charge in [0.15, 0.2) is 0 Å². The monoisotopic (exact) mass is 283 g/mol. The highest BCUT2D eigenvalue weighted by Gasteiger charge is 2.21. The summed E-state index contributed by atoms with van der Waals surface area (Å²) in [5.41, 5.74) is 1.01. The third kappa shape index (κ3) is 4.05. The Hall–Kier alpha value is -0.870. The van der Waals surface area contributed by atoms with E-state index in [-0.39, 0.29) is 0 Å². The minimum absolute atomic E-state index is 0.304. The van der Waals surface area contributed by atoms with Crippen LogP contribution in [-0.4, -0.2) is 36.8 Å². The molecule has 1 aromatic heterocycles. The van der Waals surface area contributed by atoms with Gasteiger partial charge in [0.1, 0.15) is 17.3 Å². The number of nitrogens with zero attached hydrogens (tertiary/aromatic N) is 3. The summed E-state index contributed by atoms with van der Waals surface area (Å²) in [5, 5.41) is 0.547. The molecule has 0 saturated heterocycles. The minimum atomic E-state index is 0.304. The molecule has 0 atom stereocenters. The van der Waals surface area contributed by atoms with Crippen LogP contribution in [0.15, 0.2) is 6.33 Å². The minimum Gasteiger partial charge on any atom is -0.379 e. The second-order valence-corrected chi connectivity index (χ2v) is 5.85. The van der Waals surface area contributed by atoms with Crippen LogP contribution < -0.4 is 4.90 Å². The van der Waals surface area contributed by atoms with Gasteiger partial charge in [-0.3, -0.25) is 0 Å². The van der Waals surface area contributed by atoms with Crippen LogP contribution in [0.5, 0.6) is 0 Å².